The molecule has 1 spiro atoms. The van der Waals surface area contributed by atoms with Crippen LogP contribution in [0.4, 0.5) is 10.5 Å². The zero-order chi connectivity index (χ0) is 19.8. The first kappa shape index (κ1) is 19.2. The Kier molecular flexibility index (Phi) is 4.88. The Morgan fingerprint density at radius 1 is 1.30 bits per heavy atom. The lowest BCUT2D eigenvalue weighted by Gasteiger charge is -2.43. The number of hydrogen-bond donors (Lipinski definition) is 2. The number of amides is 4. The molecule has 1 aromatic rings. The lowest BCUT2D eigenvalue weighted by atomic mass is 9.64. The number of carbonyl (C=O) groups excluding carboxylic acids is 3. The summed E-state index contributed by atoms with van der Waals surface area (Å²) < 4.78 is 5.21. The van der Waals surface area contributed by atoms with Crippen molar-refractivity contribution in [2.45, 2.75) is 45.6 Å². The number of imide groups is 1. The number of rotatable bonds is 4. The predicted octanol–water partition coefficient (Wildman–Crippen LogP) is 2.77. The molecule has 1 heterocycles. The quantitative estimate of drug-likeness (QED) is 0.795. The van der Waals surface area contributed by atoms with Crippen LogP contribution in [0.5, 0.6) is 5.75 Å². The number of methoxy groups -OCH3 is 1. The maximum Gasteiger partial charge on any atom is 0.325 e. The summed E-state index contributed by atoms with van der Waals surface area (Å²) in [5.74, 6) is 0.0909. The van der Waals surface area contributed by atoms with E-state index in [0.717, 1.165) is 11.3 Å². The molecule has 3 rings (SSSR count). The molecular formula is C20H27N3O4. The fraction of sp³-hybridized carbons (Fsp3) is 0.550. The van der Waals surface area contributed by atoms with Gasteiger partial charge in [0.15, 0.2) is 0 Å². The summed E-state index contributed by atoms with van der Waals surface area (Å²) in [7, 11) is 1.51. The molecule has 1 aliphatic carbocycles. The highest BCUT2D eigenvalue weighted by molar-refractivity contribution is 6.10. The molecule has 0 aromatic heterocycles. The van der Waals surface area contributed by atoms with E-state index in [1.54, 1.807) is 24.3 Å². The Bertz CT molecular complexity index is 776. The second-order valence-electron chi connectivity index (χ2n) is 8.51. The molecule has 7 nitrogen and oxygen atoms in total. The van der Waals surface area contributed by atoms with Gasteiger partial charge in [0.1, 0.15) is 17.8 Å². The molecular weight excluding hydrogens is 346 g/mol. The maximum atomic E-state index is 13.1. The number of nitrogens with one attached hydrogen (secondary N) is 2. The first-order valence-corrected chi connectivity index (χ1v) is 9.23. The predicted molar refractivity (Wildman–Crippen MR) is 101 cm³/mol. The molecule has 1 saturated carbocycles. The molecule has 0 bridgehead atoms. The Balaban J connectivity index is 1.73. The minimum Gasteiger partial charge on any atom is -0.495 e. The van der Waals surface area contributed by atoms with Gasteiger partial charge in [-0.1, -0.05) is 32.9 Å². The minimum atomic E-state index is -0.900. The third-order valence-corrected chi connectivity index (χ3v) is 5.31. The van der Waals surface area contributed by atoms with Crippen LogP contribution in [-0.4, -0.2) is 41.9 Å². The van der Waals surface area contributed by atoms with Crippen molar-refractivity contribution < 1.29 is 19.1 Å². The summed E-state index contributed by atoms with van der Waals surface area (Å²) in [5, 5.41) is 5.59. The van der Waals surface area contributed by atoms with E-state index >= 15 is 0 Å². The van der Waals surface area contributed by atoms with Gasteiger partial charge in [-0.05, 0) is 42.7 Å². The second kappa shape index (κ2) is 6.87. The molecule has 2 unspecified atom stereocenters. The van der Waals surface area contributed by atoms with Crippen LogP contribution in [0.25, 0.3) is 0 Å². The zero-order valence-corrected chi connectivity index (χ0v) is 16.3. The Labute approximate surface area is 159 Å². The summed E-state index contributed by atoms with van der Waals surface area (Å²) >= 11 is 0. The molecule has 7 heteroatoms. The number of para-hydroxylation sites is 2. The van der Waals surface area contributed by atoms with Gasteiger partial charge in [-0.2, -0.15) is 0 Å². The lowest BCUT2D eigenvalue weighted by Crippen LogP contribution is -2.54. The summed E-state index contributed by atoms with van der Waals surface area (Å²) in [4.78, 5) is 39.0. The van der Waals surface area contributed by atoms with Gasteiger partial charge in [-0.15, -0.1) is 0 Å². The van der Waals surface area contributed by atoms with E-state index in [1.165, 1.54) is 7.11 Å². The van der Waals surface area contributed by atoms with E-state index in [9.17, 15) is 14.4 Å². The van der Waals surface area contributed by atoms with Crippen molar-refractivity contribution in [1.82, 2.24) is 10.2 Å². The number of benzene rings is 1. The summed E-state index contributed by atoms with van der Waals surface area (Å²) in [5.41, 5.74) is -0.446. The van der Waals surface area contributed by atoms with Crippen molar-refractivity contribution >= 4 is 23.5 Å². The monoisotopic (exact) mass is 373 g/mol. The summed E-state index contributed by atoms with van der Waals surface area (Å²) in [6, 6.07) is 6.49. The van der Waals surface area contributed by atoms with E-state index in [4.69, 9.17) is 4.74 Å². The molecule has 1 aliphatic heterocycles. The first-order valence-electron chi connectivity index (χ1n) is 9.23. The van der Waals surface area contributed by atoms with Crippen LogP contribution in [0.2, 0.25) is 0 Å². The van der Waals surface area contributed by atoms with Crippen LogP contribution in [0.15, 0.2) is 24.3 Å². The average molecular weight is 373 g/mol. The average Bonchev–Trinajstić information content (AvgIpc) is 2.77. The third kappa shape index (κ3) is 3.77. The highest BCUT2D eigenvalue weighted by atomic mass is 16.5. The lowest BCUT2D eigenvalue weighted by molar-refractivity contribution is -0.136. The molecule has 2 atom stereocenters. The molecule has 1 aromatic carbocycles. The van der Waals surface area contributed by atoms with Crippen LogP contribution in [0.3, 0.4) is 0 Å². The third-order valence-electron chi connectivity index (χ3n) is 5.31. The molecule has 146 valence electrons. The summed E-state index contributed by atoms with van der Waals surface area (Å²) in [6.45, 7) is 6.00. The van der Waals surface area contributed by atoms with Crippen LogP contribution in [-0.2, 0) is 9.59 Å². The molecule has 2 N–H and O–H groups in total. The Hall–Kier alpha value is -2.57. The molecule has 0 radical (unpaired) electrons. The van der Waals surface area contributed by atoms with Crippen molar-refractivity contribution in [2.75, 3.05) is 19.0 Å². The number of ether oxygens (including phenoxy) is 1. The molecule has 2 fully saturated rings. The van der Waals surface area contributed by atoms with E-state index in [-0.39, 0.29) is 17.9 Å². The van der Waals surface area contributed by atoms with E-state index in [2.05, 4.69) is 31.4 Å². The Morgan fingerprint density at radius 2 is 2.00 bits per heavy atom. The second-order valence-corrected chi connectivity index (χ2v) is 8.51. The maximum absolute atomic E-state index is 13.1. The first-order chi connectivity index (χ1) is 12.7. The molecule has 2 aliphatic rings. The van der Waals surface area contributed by atoms with E-state index < -0.39 is 17.5 Å². The fourth-order valence-corrected chi connectivity index (χ4v) is 4.73. The van der Waals surface area contributed by atoms with Gasteiger partial charge in [0.25, 0.3) is 5.91 Å². The van der Waals surface area contributed by atoms with Crippen LogP contribution >= 0.6 is 0 Å². The SMILES string of the molecule is COc1ccccc1NC(=O)CN1C(=O)NC2(CC(C)CC(C)(C)C2)C1=O. The highest BCUT2D eigenvalue weighted by Crippen LogP contribution is 2.46. The number of urea groups is 1. The van der Waals surface area contributed by atoms with Crippen LogP contribution in [0, 0.1) is 11.3 Å². The molecule has 4 amide bonds. The minimum absolute atomic E-state index is 0.0454. The fourth-order valence-electron chi connectivity index (χ4n) is 4.73. The van der Waals surface area contributed by atoms with Crippen molar-refractivity contribution in [3.05, 3.63) is 24.3 Å². The normalized spacial score (nSPS) is 26.8. The number of nitrogens with zero attached hydrogens (tertiary/aromatic N) is 1. The molecule has 27 heavy (non-hydrogen) atoms. The molecule has 1 saturated heterocycles. The van der Waals surface area contributed by atoms with Gasteiger partial charge >= 0.3 is 6.03 Å². The van der Waals surface area contributed by atoms with Crippen molar-refractivity contribution in [2.24, 2.45) is 11.3 Å². The number of hydrogen-bond acceptors (Lipinski definition) is 4. The van der Waals surface area contributed by atoms with Gasteiger partial charge in [0.05, 0.1) is 12.8 Å². The smallest absolute Gasteiger partial charge is 0.325 e. The summed E-state index contributed by atoms with van der Waals surface area (Å²) in [6.07, 6.45) is 2.19. The standard InChI is InChI=1S/C20H27N3O4/c1-13-9-19(2,3)12-20(10-13)17(25)23(18(26)22-20)11-16(24)21-14-7-5-6-8-15(14)27-4/h5-8,13H,9-12H2,1-4H3,(H,21,24)(H,22,26). The number of carbonyl (C=O) groups is 3. The van der Waals surface area contributed by atoms with Gasteiger partial charge < -0.3 is 15.4 Å². The highest BCUT2D eigenvalue weighted by Gasteiger charge is 2.56. The van der Waals surface area contributed by atoms with Gasteiger partial charge in [-0.3, -0.25) is 14.5 Å². The van der Waals surface area contributed by atoms with Crippen LogP contribution < -0.4 is 15.4 Å². The zero-order valence-electron chi connectivity index (χ0n) is 16.3. The number of anilines is 1. The van der Waals surface area contributed by atoms with Crippen molar-refractivity contribution in [3.8, 4) is 5.75 Å². The largest absolute Gasteiger partial charge is 0.495 e. The Morgan fingerprint density at radius 3 is 2.67 bits per heavy atom. The van der Waals surface area contributed by atoms with E-state index in [1.807, 2.05) is 0 Å². The van der Waals surface area contributed by atoms with Gasteiger partial charge in [0, 0.05) is 0 Å². The van der Waals surface area contributed by atoms with Gasteiger partial charge in [0.2, 0.25) is 5.91 Å². The van der Waals surface area contributed by atoms with E-state index in [0.29, 0.717) is 30.2 Å². The van der Waals surface area contributed by atoms with Crippen molar-refractivity contribution in [3.63, 3.8) is 0 Å². The van der Waals surface area contributed by atoms with Gasteiger partial charge in [-0.25, -0.2) is 4.79 Å². The van der Waals surface area contributed by atoms with Crippen molar-refractivity contribution in [1.29, 1.82) is 0 Å². The van der Waals surface area contributed by atoms with Crippen LogP contribution in [0.1, 0.15) is 40.0 Å². The topological polar surface area (TPSA) is 87.7 Å².